The van der Waals surface area contributed by atoms with Crippen molar-refractivity contribution in [3.63, 3.8) is 0 Å². The Morgan fingerprint density at radius 2 is 1.80 bits per heavy atom. The summed E-state index contributed by atoms with van der Waals surface area (Å²) in [6.07, 6.45) is 0.538. The smallest absolute Gasteiger partial charge is 0.317 e. The van der Waals surface area contributed by atoms with Crippen LogP contribution in [0.25, 0.3) is 0 Å². The summed E-state index contributed by atoms with van der Waals surface area (Å²) in [6.45, 7) is 4.12. The van der Waals surface area contributed by atoms with Crippen LogP contribution in [-0.4, -0.2) is 16.3 Å². The standard InChI is InChI=1S/C17H18O2S/c1-12-8-9-14(10-13(12)2)11-16(17(18)19)20-15-6-4-3-5-7-15/h3-10,16H,11H2,1-2H3,(H,18,19). The van der Waals surface area contributed by atoms with Crippen LogP contribution in [0.3, 0.4) is 0 Å². The van der Waals surface area contributed by atoms with E-state index in [1.165, 1.54) is 22.9 Å². The van der Waals surface area contributed by atoms with E-state index in [0.717, 1.165) is 10.5 Å². The Morgan fingerprint density at radius 1 is 1.10 bits per heavy atom. The van der Waals surface area contributed by atoms with Crippen LogP contribution in [-0.2, 0) is 11.2 Å². The maximum Gasteiger partial charge on any atom is 0.317 e. The van der Waals surface area contributed by atoms with E-state index in [2.05, 4.69) is 26.0 Å². The van der Waals surface area contributed by atoms with Gasteiger partial charge in [-0.25, -0.2) is 0 Å². The molecule has 20 heavy (non-hydrogen) atoms. The van der Waals surface area contributed by atoms with Crippen LogP contribution in [0.15, 0.2) is 53.4 Å². The maximum atomic E-state index is 11.4. The topological polar surface area (TPSA) is 37.3 Å². The molecule has 0 heterocycles. The van der Waals surface area contributed by atoms with E-state index in [4.69, 9.17) is 0 Å². The number of carboxylic acid groups (broad SMARTS) is 1. The molecule has 0 aliphatic rings. The van der Waals surface area contributed by atoms with Crippen LogP contribution in [0.1, 0.15) is 16.7 Å². The van der Waals surface area contributed by atoms with Gasteiger partial charge < -0.3 is 5.11 Å². The monoisotopic (exact) mass is 286 g/mol. The largest absolute Gasteiger partial charge is 0.480 e. The fourth-order valence-corrected chi connectivity index (χ4v) is 3.01. The molecule has 0 bridgehead atoms. The Kier molecular flexibility index (Phi) is 4.85. The van der Waals surface area contributed by atoms with E-state index in [9.17, 15) is 9.90 Å². The summed E-state index contributed by atoms with van der Waals surface area (Å²) in [7, 11) is 0. The predicted octanol–water partition coefficient (Wildman–Crippen LogP) is 4.09. The molecule has 3 heteroatoms. The van der Waals surface area contributed by atoms with E-state index < -0.39 is 11.2 Å². The average molecular weight is 286 g/mol. The van der Waals surface area contributed by atoms with Crippen LogP contribution in [0, 0.1) is 13.8 Å². The number of aryl methyl sites for hydroxylation is 2. The predicted molar refractivity (Wildman–Crippen MR) is 83.3 cm³/mol. The maximum absolute atomic E-state index is 11.4. The number of benzene rings is 2. The Hall–Kier alpha value is -1.74. The highest BCUT2D eigenvalue weighted by Crippen LogP contribution is 2.26. The molecule has 0 amide bonds. The Morgan fingerprint density at radius 3 is 2.40 bits per heavy atom. The van der Waals surface area contributed by atoms with Crippen molar-refractivity contribution >= 4 is 17.7 Å². The van der Waals surface area contributed by atoms with E-state index in [1.807, 2.05) is 36.4 Å². The molecule has 1 N–H and O–H groups in total. The van der Waals surface area contributed by atoms with Crippen LogP contribution < -0.4 is 0 Å². The van der Waals surface area contributed by atoms with E-state index >= 15 is 0 Å². The van der Waals surface area contributed by atoms with Gasteiger partial charge in [0.25, 0.3) is 0 Å². The Balaban J connectivity index is 2.13. The zero-order valence-electron chi connectivity index (χ0n) is 11.7. The van der Waals surface area contributed by atoms with Gasteiger partial charge in [-0.3, -0.25) is 4.79 Å². The van der Waals surface area contributed by atoms with Crippen LogP contribution in [0.4, 0.5) is 0 Å². The van der Waals surface area contributed by atoms with Crippen molar-refractivity contribution in [2.24, 2.45) is 0 Å². The second-order valence-corrected chi connectivity index (χ2v) is 6.16. The molecule has 0 aliphatic heterocycles. The molecule has 0 aromatic heterocycles. The van der Waals surface area contributed by atoms with Gasteiger partial charge in [-0.2, -0.15) is 0 Å². The minimum atomic E-state index is -0.767. The molecule has 2 nitrogen and oxygen atoms in total. The Labute approximate surface area is 123 Å². The highest BCUT2D eigenvalue weighted by molar-refractivity contribution is 8.00. The lowest BCUT2D eigenvalue weighted by Crippen LogP contribution is -2.19. The number of hydrogen-bond donors (Lipinski definition) is 1. The molecule has 0 spiro atoms. The van der Waals surface area contributed by atoms with Gasteiger partial charge in [-0.15, -0.1) is 11.8 Å². The van der Waals surface area contributed by atoms with Gasteiger partial charge in [-0.05, 0) is 49.1 Å². The number of aliphatic carboxylic acids is 1. The van der Waals surface area contributed by atoms with Gasteiger partial charge in [0.2, 0.25) is 0 Å². The lowest BCUT2D eigenvalue weighted by molar-refractivity contribution is -0.136. The second-order valence-electron chi connectivity index (χ2n) is 4.88. The molecule has 0 saturated carbocycles. The summed E-state index contributed by atoms with van der Waals surface area (Å²) in [5.74, 6) is -0.767. The number of hydrogen-bond acceptors (Lipinski definition) is 2. The SMILES string of the molecule is Cc1ccc(CC(Sc2ccccc2)C(=O)O)cc1C. The van der Waals surface area contributed by atoms with Gasteiger partial charge in [0.05, 0.1) is 0 Å². The van der Waals surface area contributed by atoms with Gasteiger partial charge in [0.15, 0.2) is 0 Å². The number of carboxylic acids is 1. The summed E-state index contributed by atoms with van der Waals surface area (Å²) in [4.78, 5) is 12.4. The van der Waals surface area contributed by atoms with Gasteiger partial charge in [-0.1, -0.05) is 36.4 Å². The summed E-state index contributed by atoms with van der Waals surface area (Å²) in [6, 6.07) is 15.8. The third-order valence-electron chi connectivity index (χ3n) is 3.29. The highest BCUT2D eigenvalue weighted by Gasteiger charge is 2.19. The molecular formula is C17H18O2S. The first-order valence-corrected chi connectivity index (χ1v) is 7.45. The lowest BCUT2D eigenvalue weighted by Gasteiger charge is -2.13. The van der Waals surface area contributed by atoms with E-state index in [0.29, 0.717) is 6.42 Å². The number of rotatable bonds is 5. The van der Waals surface area contributed by atoms with E-state index in [1.54, 1.807) is 0 Å². The summed E-state index contributed by atoms with van der Waals surface area (Å²) in [5, 5.41) is 8.94. The zero-order chi connectivity index (χ0) is 14.5. The third kappa shape index (κ3) is 3.87. The third-order valence-corrected chi connectivity index (χ3v) is 4.49. The van der Waals surface area contributed by atoms with Crippen LogP contribution >= 0.6 is 11.8 Å². The van der Waals surface area contributed by atoms with Gasteiger partial charge in [0.1, 0.15) is 5.25 Å². The van der Waals surface area contributed by atoms with Gasteiger partial charge in [0, 0.05) is 4.90 Å². The first kappa shape index (κ1) is 14.7. The van der Waals surface area contributed by atoms with Crippen molar-refractivity contribution in [1.82, 2.24) is 0 Å². The van der Waals surface area contributed by atoms with Crippen LogP contribution in [0.2, 0.25) is 0 Å². The molecule has 2 rings (SSSR count). The average Bonchev–Trinajstić information content (AvgIpc) is 2.43. The summed E-state index contributed by atoms with van der Waals surface area (Å²) >= 11 is 1.40. The minimum Gasteiger partial charge on any atom is -0.480 e. The highest BCUT2D eigenvalue weighted by atomic mass is 32.2. The molecule has 0 aliphatic carbocycles. The molecule has 0 saturated heterocycles. The van der Waals surface area contributed by atoms with Crippen molar-refractivity contribution in [3.8, 4) is 0 Å². The van der Waals surface area contributed by atoms with Crippen molar-refractivity contribution in [2.45, 2.75) is 30.4 Å². The molecule has 1 atom stereocenters. The van der Waals surface area contributed by atoms with Gasteiger partial charge >= 0.3 is 5.97 Å². The molecule has 2 aromatic carbocycles. The molecule has 1 unspecified atom stereocenters. The quantitative estimate of drug-likeness (QED) is 0.841. The Bertz CT molecular complexity index is 593. The van der Waals surface area contributed by atoms with Crippen molar-refractivity contribution in [2.75, 3.05) is 0 Å². The lowest BCUT2D eigenvalue weighted by atomic mass is 10.0. The normalized spacial score (nSPS) is 12.1. The molecule has 0 fully saturated rings. The minimum absolute atomic E-state index is 0.459. The first-order valence-electron chi connectivity index (χ1n) is 6.57. The van der Waals surface area contributed by atoms with Crippen molar-refractivity contribution in [3.05, 3.63) is 65.2 Å². The fourth-order valence-electron chi connectivity index (χ4n) is 1.99. The molecule has 2 aromatic rings. The second kappa shape index (κ2) is 6.62. The zero-order valence-corrected chi connectivity index (χ0v) is 12.5. The number of carbonyl (C=O) groups is 1. The van der Waals surface area contributed by atoms with Crippen molar-refractivity contribution < 1.29 is 9.90 Å². The van der Waals surface area contributed by atoms with Crippen molar-refractivity contribution in [1.29, 1.82) is 0 Å². The van der Waals surface area contributed by atoms with Crippen LogP contribution in [0.5, 0.6) is 0 Å². The fraction of sp³-hybridized carbons (Fsp3) is 0.235. The summed E-state index contributed by atoms with van der Waals surface area (Å²) < 4.78 is 0. The molecule has 0 radical (unpaired) electrons. The molecular weight excluding hydrogens is 268 g/mol. The summed E-state index contributed by atoms with van der Waals surface area (Å²) in [5.41, 5.74) is 3.51. The number of thioether (sulfide) groups is 1. The molecule has 104 valence electrons. The van der Waals surface area contributed by atoms with E-state index in [-0.39, 0.29) is 0 Å². The first-order chi connectivity index (χ1) is 9.56.